The molecule has 1 N–H and O–H groups in total. The van der Waals surface area contributed by atoms with E-state index in [1.165, 1.54) is 0 Å². The normalized spacial score (nSPS) is 21.2. The van der Waals surface area contributed by atoms with Crippen molar-refractivity contribution in [1.82, 2.24) is 20.1 Å². The van der Waals surface area contributed by atoms with E-state index in [9.17, 15) is 9.59 Å². The zero-order chi connectivity index (χ0) is 26.4. The number of benzene rings is 1. The molecule has 1 aromatic heterocycles. The SMILES string of the molecule is CCN(CC)C(=O)NC1CCN(CC[C@]2(c3ccc(Cl)c(Cl)c3)CCC(=O)N(c3ccccn3)C2)CC1. The number of rotatable bonds is 8. The summed E-state index contributed by atoms with van der Waals surface area (Å²) in [5.41, 5.74) is 0.852. The smallest absolute Gasteiger partial charge is 0.317 e. The first-order valence-electron chi connectivity index (χ1n) is 13.3. The minimum Gasteiger partial charge on any atom is -0.335 e. The number of urea groups is 1. The number of hydrogen-bond donors (Lipinski definition) is 1. The number of carbonyl (C=O) groups is 2. The molecule has 2 fully saturated rings. The molecule has 0 bridgehead atoms. The van der Waals surface area contributed by atoms with Crippen LogP contribution < -0.4 is 10.2 Å². The highest BCUT2D eigenvalue weighted by molar-refractivity contribution is 6.42. The number of anilines is 1. The van der Waals surface area contributed by atoms with Crippen LogP contribution in [0.1, 0.15) is 51.5 Å². The average molecular weight is 547 g/mol. The summed E-state index contributed by atoms with van der Waals surface area (Å²) in [6.45, 7) is 8.77. The lowest BCUT2D eigenvalue weighted by Gasteiger charge is -2.44. The first-order chi connectivity index (χ1) is 17.8. The number of amides is 3. The third-order valence-electron chi connectivity index (χ3n) is 7.91. The number of nitrogens with zero attached hydrogens (tertiary/aromatic N) is 4. The second-order valence-corrected chi connectivity index (χ2v) is 10.9. The maximum absolute atomic E-state index is 12.9. The second-order valence-electron chi connectivity index (χ2n) is 10.1. The molecule has 2 aliphatic heterocycles. The van der Waals surface area contributed by atoms with Gasteiger partial charge < -0.3 is 15.1 Å². The van der Waals surface area contributed by atoms with E-state index in [0.717, 1.165) is 64.0 Å². The summed E-state index contributed by atoms with van der Waals surface area (Å²) in [5, 5.41) is 4.27. The summed E-state index contributed by atoms with van der Waals surface area (Å²) in [4.78, 5) is 36.0. The van der Waals surface area contributed by atoms with Crippen LogP contribution in [0.4, 0.5) is 10.6 Å². The lowest BCUT2D eigenvalue weighted by Crippen LogP contribution is -2.52. The topological polar surface area (TPSA) is 68.8 Å². The van der Waals surface area contributed by atoms with E-state index in [0.29, 0.717) is 28.8 Å². The van der Waals surface area contributed by atoms with Crippen molar-refractivity contribution in [3.05, 3.63) is 58.2 Å². The molecule has 0 saturated carbocycles. The first kappa shape index (κ1) is 27.7. The van der Waals surface area contributed by atoms with Gasteiger partial charge in [0.2, 0.25) is 5.91 Å². The summed E-state index contributed by atoms with van der Waals surface area (Å²) < 4.78 is 0. The van der Waals surface area contributed by atoms with E-state index in [2.05, 4.69) is 21.3 Å². The van der Waals surface area contributed by atoms with E-state index in [1.54, 1.807) is 6.20 Å². The van der Waals surface area contributed by atoms with Crippen LogP contribution in [0.25, 0.3) is 0 Å². The molecule has 1 atom stereocenters. The van der Waals surface area contributed by atoms with Gasteiger partial charge in [0.1, 0.15) is 5.82 Å². The molecular formula is C28H37Cl2N5O2. The Hall–Kier alpha value is -2.35. The summed E-state index contributed by atoms with van der Waals surface area (Å²) >= 11 is 12.7. The Morgan fingerprint density at radius 1 is 1.14 bits per heavy atom. The minimum absolute atomic E-state index is 0.0310. The fraction of sp³-hybridized carbons (Fsp3) is 0.536. The Morgan fingerprint density at radius 2 is 1.89 bits per heavy atom. The van der Waals surface area contributed by atoms with Crippen molar-refractivity contribution in [1.29, 1.82) is 0 Å². The molecule has 0 aliphatic carbocycles. The van der Waals surface area contributed by atoms with Crippen LogP contribution in [0.3, 0.4) is 0 Å². The van der Waals surface area contributed by atoms with Gasteiger partial charge in [-0.05, 0) is 75.9 Å². The van der Waals surface area contributed by atoms with E-state index in [1.807, 2.05) is 54.0 Å². The van der Waals surface area contributed by atoms with E-state index in [4.69, 9.17) is 23.2 Å². The number of likely N-dealkylation sites (tertiary alicyclic amines) is 1. The van der Waals surface area contributed by atoms with Crippen molar-refractivity contribution in [2.24, 2.45) is 0 Å². The van der Waals surface area contributed by atoms with Crippen LogP contribution in [-0.4, -0.2) is 72.0 Å². The van der Waals surface area contributed by atoms with Crippen LogP contribution >= 0.6 is 23.2 Å². The van der Waals surface area contributed by atoms with Crippen LogP contribution in [-0.2, 0) is 10.2 Å². The first-order valence-corrected chi connectivity index (χ1v) is 14.1. The molecule has 3 amide bonds. The van der Waals surface area contributed by atoms with Crippen LogP contribution in [0.5, 0.6) is 0 Å². The summed E-state index contributed by atoms with van der Waals surface area (Å²) in [7, 11) is 0. The second kappa shape index (κ2) is 12.5. The molecular weight excluding hydrogens is 509 g/mol. The number of halogens is 2. The lowest BCUT2D eigenvalue weighted by molar-refractivity contribution is -0.120. The zero-order valence-electron chi connectivity index (χ0n) is 21.8. The number of hydrogen-bond acceptors (Lipinski definition) is 4. The number of piperidine rings is 2. The van der Waals surface area contributed by atoms with Crippen molar-refractivity contribution in [3.63, 3.8) is 0 Å². The maximum Gasteiger partial charge on any atom is 0.317 e. The van der Waals surface area contributed by atoms with Crippen molar-refractivity contribution < 1.29 is 9.59 Å². The molecule has 1 aromatic carbocycles. The third-order valence-corrected chi connectivity index (χ3v) is 8.65. The molecule has 37 heavy (non-hydrogen) atoms. The maximum atomic E-state index is 12.9. The number of carbonyl (C=O) groups excluding carboxylic acids is 2. The predicted octanol–water partition coefficient (Wildman–Crippen LogP) is 5.36. The molecule has 4 rings (SSSR count). The van der Waals surface area contributed by atoms with Crippen molar-refractivity contribution in [2.45, 2.75) is 57.4 Å². The minimum atomic E-state index is -0.256. The molecule has 0 unspecified atom stereocenters. The van der Waals surface area contributed by atoms with E-state index < -0.39 is 0 Å². The van der Waals surface area contributed by atoms with E-state index >= 15 is 0 Å². The Labute approximate surface area is 230 Å². The van der Waals surface area contributed by atoms with Gasteiger partial charge in [-0.2, -0.15) is 0 Å². The Balaban J connectivity index is 1.46. The fourth-order valence-corrected chi connectivity index (χ4v) is 5.83. The van der Waals surface area contributed by atoms with Gasteiger partial charge >= 0.3 is 6.03 Å². The van der Waals surface area contributed by atoms with Gasteiger partial charge in [-0.3, -0.25) is 9.69 Å². The molecule has 7 nitrogen and oxygen atoms in total. The van der Waals surface area contributed by atoms with Gasteiger partial charge in [0.05, 0.1) is 10.0 Å². The van der Waals surface area contributed by atoms with Gasteiger partial charge in [-0.15, -0.1) is 0 Å². The summed E-state index contributed by atoms with van der Waals surface area (Å²) in [6, 6.07) is 11.8. The Bertz CT molecular complexity index is 1070. The molecule has 2 saturated heterocycles. The van der Waals surface area contributed by atoms with Crippen molar-refractivity contribution in [2.75, 3.05) is 44.2 Å². The quantitative estimate of drug-likeness (QED) is 0.484. The molecule has 200 valence electrons. The summed E-state index contributed by atoms with van der Waals surface area (Å²) in [5.74, 6) is 0.778. The molecule has 3 heterocycles. The zero-order valence-corrected chi connectivity index (χ0v) is 23.3. The molecule has 9 heteroatoms. The standard InChI is InChI=1S/C28H37Cl2N5O2/c1-3-34(4-2)27(37)32-22-11-16-33(17-12-22)18-14-28(21-8-9-23(29)24(30)19-21)13-10-26(36)35(20-28)25-7-5-6-15-31-25/h5-9,15,19,22H,3-4,10-14,16-18,20H2,1-2H3,(H,32,37)/t28-/m1/s1. The average Bonchev–Trinajstić information content (AvgIpc) is 2.92. The Morgan fingerprint density at radius 3 is 2.54 bits per heavy atom. The predicted molar refractivity (Wildman–Crippen MR) is 149 cm³/mol. The largest absolute Gasteiger partial charge is 0.335 e. The highest BCUT2D eigenvalue weighted by Gasteiger charge is 2.41. The van der Waals surface area contributed by atoms with Gasteiger partial charge in [-0.25, -0.2) is 9.78 Å². The van der Waals surface area contributed by atoms with Gasteiger partial charge in [-0.1, -0.05) is 35.3 Å². The number of aromatic nitrogens is 1. The lowest BCUT2D eigenvalue weighted by atomic mass is 9.71. The Kier molecular flexibility index (Phi) is 9.32. The fourth-order valence-electron chi connectivity index (χ4n) is 5.53. The molecule has 2 aliphatic rings. The van der Waals surface area contributed by atoms with Crippen LogP contribution in [0.2, 0.25) is 10.0 Å². The van der Waals surface area contributed by atoms with Crippen molar-refractivity contribution in [3.8, 4) is 0 Å². The van der Waals surface area contributed by atoms with Crippen molar-refractivity contribution >= 4 is 41.0 Å². The van der Waals surface area contributed by atoms with E-state index in [-0.39, 0.29) is 23.4 Å². The van der Waals surface area contributed by atoms with Gasteiger partial charge in [0.15, 0.2) is 0 Å². The van der Waals surface area contributed by atoms with Gasteiger partial charge in [0.25, 0.3) is 0 Å². The number of pyridine rings is 1. The van der Waals surface area contributed by atoms with Crippen LogP contribution in [0, 0.1) is 0 Å². The summed E-state index contributed by atoms with van der Waals surface area (Å²) in [6.07, 6.45) is 5.69. The highest BCUT2D eigenvalue weighted by Crippen LogP contribution is 2.41. The highest BCUT2D eigenvalue weighted by atomic mass is 35.5. The van der Waals surface area contributed by atoms with Gasteiger partial charge in [0, 0.05) is 56.8 Å². The third kappa shape index (κ3) is 6.57. The number of nitrogens with one attached hydrogen (secondary N) is 1. The van der Waals surface area contributed by atoms with Crippen LogP contribution in [0.15, 0.2) is 42.6 Å². The molecule has 0 spiro atoms. The molecule has 2 aromatic rings. The molecule has 0 radical (unpaired) electrons. The monoisotopic (exact) mass is 545 g/mol.